The molecule has 0 aromatic heterocycles. The van der Waals surface area contributed by atoms with Crippen LogP contribution in [0, 0.1) is 0 Å². The fourth-order valence-corrected chi connectivity index (χ4v) is 4.27. The average Bonchev–Trinajstić information content (AvgIpc) is 2.61. The number of nitrogens with one attached hydrogen (secondary N) is 1. The Bertz CT molecular complexity index is 688. The third kappa shape index (κ3) is 5.78. The highest BCUT2D eigenvalue weighted by molar-refractivity contribution is 8.14. The number of amidine groups is 1. The molecule has 2 rings (SSSR count). The lowest BCUT2D eigenvalue weighted by molar-refractivity contribution is -0.138. The van der Waals surface area contributed by atoms with Crippen LogP contribution in [0.1, 0.15) is 57.3 Å². The molecule has 1 heterocycles. The Morgan fingerprint density at radius 3 is 2.81 bits per heavy atom. The van der Waals surface area contributed by atoms with Crippen molar-refractivity contribution in [3.8, 4) is 0 Å². The zero-order valence-corrected chi connectivity index (χ0v) is 17.3. The molecule has 1 N–H and O–H groups in total. The molecule has 0 saturated carbocycles. The number of unbranched alkanes of at least 4 members (excludes halogenated alkanes) is 3. The zero-order chi connectivity index (χ0) is 18.9. The van der Waals surface area contributed by atoms with E-state index in [0.29, 0.717) is 17.2 Å². The number of ether oxygens (including phenoxy) is 1. The molecule has 0 radical (unpaired) electrons. The first-order valence-electron chi connectivity index (χ1n) is 9.18. The number of halogens is 1. The van der Waals surface area contributed by atoms with Gasteiger partial charge in [-0.1, -0.05) is 61.7 Å². The van der Waals surface area contributed by atoms with E-state index in [4.69, 9.17) is 21.3 Å². The molecule has 0 aliphatic carbocycles. The Balaban J connectivity index is 2.25. The number of nitrogens with zero attached hydrogens (tertiary/aromatic N) is 1. The number of carbonyl (C=O) groups is 1. The summed E-state index contributed by atoms with van der Waals surface area (Å²) in [5, 5.41) is 4.59. The first-order chi connectivity index (χ1) is 12.6. The van der Waals surface area contributed by atoms with Gasteiger partial charge in [0, 0.05) is 17.3 Å². The second kappa shape index (κ2) is 10.6. The predicted octanol–water partition coefficient (Wildman–Crippen LogP) is 5.49. The Kier molecular flexibility index (Phi) is 8.52. The van der Waals surface area contributed by atoms with Crippen LogP contribution in [0.2, 0.25) is 5.02 Å². The van der Waals surface area contributed by atoms with Crippen molar-refractivity contribution in [2.75, 3.05) is 13.2 Å². The minimum atomic E-state index is -0.294. The summed E-state index contributed by atoms with van der Waals surface area (Å²) in [6, 6.07) is 7.62. The number of esters is 1. The summed E-state index contributed by atoms with van der Waals surface area (Å²) >= 11 is 7.71. The number of rotatable bonds is 8. The first-order valence-corrected chi connectivity index (χ1v) is 10.4. The van der Waals surface area contributed by atoms with Crippen LogP contribution in [-0.2, 0) is 9.53 Å². The topological polar surface area (TPSA) is 50.7 Å². The minimum absolute atomic E-state index is 0.177. The summed E-state index contributed by atoms with van der Waals surface area (Å²) in [4.78, 5) is 17.2. The molecule has 1 aromatic carbocycles. The van der Waals surface area contributed by atoms with E-state index in [0.717, 1.165) is 29.4 Å². The Hall–Kier alpha value is -1.46. The quantitative estimate of drug-likeness (QED) is 0.467. The van der Waals surface area contributed by atoms with Gasteiger partial charge in [-0.15, -0.1) is 0 Å². The Morgan fingerprint density at radius 2 is 2.12 bits per heavy atom. The Morgan fingerprint density at radius 1 is 1.31 bits per heavy atom. The molecule has 0 fully saturated rings. The molecule has 1 atom stereocenters. The van der Waals surface area contributed by atoms with Crippen molar-refractivity contribution in [1.82, 2.24) is 5.32 Å². The van der Waals surface area contributed by atoms with Crippen LogP contribution in [-0.4, -0.2) is 24.3 Å². The standard InChI is InChI=1S/C20H27ClN2O2S/c1-4-6-7-8-12-22-20-23-14(3)17(19(24)25-5-2)18(26-20)15-10-9-11-16(21)13-15/h9-11,13,18H,4-8,12H2,1-3H3,(H,22,23). The highest BCUT2D eigenvalue weighted by Crippen LogP contribution is 2.41. The zero-order valence-electron chi connectivity index (χ0n) is 15.7. The van der Waals surface area contributed by atoms with Gasteiger partial charge in [0.2, 0.25) is 0 Å². The van der Waals surface area contributed by atoms with Gasteiger partial charge in [-0.25, -0.2) is 4.79 Å². The summed E-state index contributed by atoms with van der Waals surface area (Å²) in [5.74, 6) is -0.294. The van der Waals surface area contributed by atoms with Gasteiger partial charge in [-0.3, -0.25) is 4.99 Å². The Labute approximate surface area is 165 Å². The van der Waals surface area contributed by atoms with E-state index in [9.17, 15) is 4.79 Å². The van der Waals surface area contributed by atoms with Crippen LogP contribution >= 0.6 is 23.4 Å². The molecule has 0 saturated heterocycles. The fraction of sp³-hybridized carbons (Fsp3) is 0.500. The summed E-state index contributed by atoms with van der Waals surface area (Å²) in [6.45, 7) is 7.05. The first kappa shape index (κ1) is 20.8. The SMILES string of the molecule is CCCCCCN=C1NC(C)=C(C(=O)OCC)C(c2cccc(Cl)c2)S1. The van der Waals surface area contributed by atoms with Gasteiger partial charge < -0.3 is 10.1 Å². The lowest BCUT2D eigenvalue weighted by Gasteiger charge is -2.28. The van der Waals surface area contributed by atoms with Crippen molar-refractivity contribution in [1.29, 1.82) is 0 Å². The van der Waals surface area contributed by atoms with E-state index >= 15 is 0 Å². The number of carbonyl (C=O) groups excluding carboxylic acids is 1. The molecule has 0 bridgehead atoms. The van der Waals surface area contributed by atoms with Gasteiger partial charge in [0.1, 0.15) is 0 Å². The number of allylic oxidation sites excluding steroid dienone is 1. The van der Waals surface area contributed by atoms with Crippen molar-refractivity contribution >= 4 is 34.5 Å². The van der Waals surface area contributed by atoms with Crippen molar-refractivity contribution in [3.05, 3.63) is 46.1 Å². The van der Waals surface area contributed by atoms with Crippen molar-refractivity contribution < 1.29 is 9.53 Å². The van der Waals surface area contributed by atoms with E-state index in [1.54, 1.807) is 11.8 Å². The maximum Gasteiger partial charge on any atom is 0.337 e. The van der Waals surface area contributed by atoms with Gasteiger partial charge in [-0.05, 0) is 38.0 Å². The van der Waals surface area contributed by atoms with Gasteiger partial charge in [0.25, 0.3) is 0 Å². The van der Waals surface area contributed by atoms with Crippen LogP contribution in [0.3, 0.4) is 0 Å². The number of aliphatic imine (C=N–C) groups is 1. The summed E-state index contributed by atoms with van der Waals surface area (Å²) < 4.78 is 5.27. The molecular weight excluding hydrogens is 368 g/mol. The molecule has 1 aliphatic rings. The van der Waals surface area contributed by atoms with Crippen LogP contribution in [0.25, 0.3) is 0 Å². The van der Waals surface area contributed by atoms with Crippen molar-refractivity contribution in [3.63, 3.8) is 0 Å². The third-order valence-electron chi connectivity index (χ3n) is 4.10. The summed E-state index contributed by atoms with van der Waals surface area (Å²) in [7, 11) is 0. The molecule has 6 heteroatoms. The van der Waals surface area contributed by atoms with Crippen LogP contribution < -0.4 is 5.32 Å². The summed E-state index contributed by atoms with van der Waals surface area (Å²) in [5.41, 5.74) is 2.40. The molecule has 1 unspecified atom stereocenters. The fourth-order valence-electron chi connectivity index (χ4n) is 2.79. The van der Waals surface area contributed by atoms with Crippen LogP contribution in [0.5, 0.6) is 0 Å². The average molecular weight is 395 g/mol. The van der Waals surface area contributed by atoms with Gasteiger partial charge >= 0.3 is 5.97 Å². The summed E-state index contributed by atoms with van der Waals surface area (Å²) in [6.07, 6.45) is 4.72. The second-order valence-electron chi connectivity index (χ2n) is 6.18. The number of benzene rings is 1. The molecule has 142 valence electrons. The predicted molar refractivity (Wildman–Crippen MR) is 111 cm³/mol. The van der Waals surface area contributed by atoms with E-state index in [1.807, 2.05) is 38.1 Å². The molecule has 0 amide bonds. The number of hydrogen-bond donors (Lipinski definition) is 1. The van der Waals surface area contributed by atoms with Crippen LogP contribution in [0.15, 0.2) is 40.5 Å². The minimum Gasteiger partial charge on any atom is -0.463 e. The van der Waals surface area contributed by atoms with Crippen molar-refractivity contribution in [2.45, 2.75) is 51.7 Å². The molecular formula is C20H27ClN2O2S. The van der Waals surface area contributed by atoms with Gasteiger partial charge in [0.15, 0.2) is 5.17 Å². The highest BCUT2D eigenvalue weighted by atomic mass is 35.5. The third-order valence-corrected chi connectivity index (χ3v) is 5.54. The number of thioether (sulfide) groups is 1. The maximum atomic E-state index is 12.5. The van der Waals surface area contributed by atoms with E-state index in [1.165, 1.54) is 19.3 Å². The lowest BCUT2D eigenvalue weighted by Crippen LogP contribution is -2.31. The second-order valence-corrected chi connectivity index (χ2v) is 7.71. The van der Waals surface area contributed by atoms with Gasteiger partial charge in [-0.2, -0.15) is 0 Å². The maximum absolute atomic E-state index is 12.5. The van der Waals surface area contributed by atoms with Gasteiger partial charge in [0.05, 0.1) is 17.4 Å². The molecule has 0 spiro atoms. The van der Waals surface area contributed by atoms with Crippen molar-refractivity contribution in [2.24, 2.45) is 4.99 Å². The van der Waals surface area contributed by atoms with Crippen LogP contribution in [0.4, 0.5) is 0 Å². The molecule has 1 aliphatic heterocycles. The van der Waals surface area contributed by atoms with E-state index in [-0.39, 0.29) is 11.2 Å². The molecule has 4 nitrogen and oxygen atoms in total. The monoisotopic (exact) mass is 394 g/mol. The smallest absolute Gasteiger partial charge is 0.337 e. The molecule has 26 heavy (non-hydrogen) atoms. The largest absolute Gasteiger partial charge is 0.463 e. The number of hydrogen-bond acceptors (Lipinski definition) is 4. The highest BCUT2D eigenvalue weighted by Gasteiger charge is 2.32. The van der Waals surface area contributed by atoms with E-state index < -0.39 is 0 Å². The normalized spacial score (nSPS) is 18.8. The lowest BCUT2D eigenvalue weighted by atomic mass is 10.0. The molecule has 1 aromatic rings. The van der Waals surface area contributed by atoms with E-state index in [2.05, 4.69) is 12.2 Å².